The molecule has 1 aliphatic rings. The maximum Gasteiger partial charge on any atom is 0.416 e. The van der Waals surface area contributed by atoms with Crippen LogP contribution in [0.4, 0.5) is 19.1 Å². The van der Waals surface area contributed by atoms with Gasteiger partial charge >= 0.3 is 6.18 Å². The van der Waals surface area contributed by atoms with E-state index in [2.05, 4.69) is 9.97 Å². The zero-order valence-corrected chi connectivity index (χ0v) is 16.1. The summed E-state index contributed by atoms with van der Waals surface area (Å²) in [6.45, 7) is 6.65. The van der Waals surface area contributed by atoms with E-state index in [-0.39, 0.29) is 23.7 Å². The molecule has 0 saturated carbocycles. The molecule has 0 amide bonds. The van der Waals surface area contributed by atoms with E-state index in [9.17, 15) is 18.3 Å². The number of hydrogen-bond donors (Lipinski definition) is 1. The summed E-state index contributed by atoms with van der Waals surface area (Å²) in [5.41, 5.74) is -0.346. The van der Waals surface area contributed by atoms with Crippen LogP contribution in [0.2, 0.25) is 0 Å². The summed E-state index contributed by atoms with van der Waals surface area (Å²) in [6, 6.07) is 4.06. The van der Waals surface area contributed by atoms with E-state index in [1.165, 1.54) is 18.5 Å². The first-order valence-electron chi connectivity index (χ1n) is 9.11. The number of benzene rings is 1. The van der Waals surface area contributed by atoms with Crippen molar-refractivity contribution in [3.8, 4) is 5.75 Å². The molecule has 3 rings (SSSR count). The monoisotopic (exact) mass is 395 g/mol. The predicted octanol–water partition coefficient (Wildman–Crippen LogP) is 3.98. The molecule has 1 unspecified atom stereocenters. The van der Waals surface area contributed by atoms with Gasteiger partial charge in [-0.05, 0) is 25.0 Å². The summed E-state index contributed by atoms with van der Waals surface area (Å²) in [4.78, 5) is 10.6. The second-order valence-corrected chi connectivity index (χ2v) is 7.82. The molecule has 1 N–H and O–H groups in total. The maximum atomic E-state index is 13.2. The fourth-order valence-electron chi connectivity index (χ4n) is 3.38. The molecule has 1 fully saturated rings. The summed E-state index contributed by atoms with van der Waals surface area (Å²) in [7, 11) is 0. The van der Waals surface area contributed by atoms with Gasteiger partial charge in [-0.25, -0.2) is 9.97 Å². The quantitative estimate of drug-likeness (QED) is 0.849. The van der Waals surface area contributed by atoms with E-state index in [1.54, 1.807) is 13.0 Å². The topological polar surface area (TPSA) is 58.5 Å². The number of aliphatic hydroxyl groups is 1. The van der Waals surface area contributed by atoms with Crippen LogP contribution in [-0.2, 0) is 12.8 Å². The third-order valence-electron chi connectivity index (χ3n) is 5.17. The average Bonchev–Trinajstić information content (AvgIpc) is 2.62. The summed E-state index contributed by atoms with van der Waals surface area (Å²) < 4.78 is 45.1. The van der Waals surface area contributed by atoms with Crippen molar-refractivity contribution in [2.45, 2.75) is 46.1 Å². The first-order valence-corrected chi connectivity index (χ1v) is 9.11. The van der Waals surface area contributed by atoms with Crippen molar-refractivity contribution in [2.24, 2.45) is 5.41 Å². The largest absolute Gasteiger partial charge is 0.486 e. The Kier molecular flexibility index (Phi) is 5.52. The summed E-state index contributed by atoms with van der Waals surface area (Å²) in [5.74, 6) is 0.815. The van der Waals surface area contributed by atoms with Gasteiger partial charge in [0.05, 0.1) is 24.1 Å². The van der Waals surface area contributed by atoms with Crippen LogP contribution in [0.3, 0.4) is 0 Å². The molecule has 0 radical (unpaired) electrons. The SMILES string of the molecule is Cc1cccc(C(F)(F)F)c1COc1cnc(N2CCC(O)C(C)(C)C2)nc1. The van der Waals surface area contributed by atoms with Gasteiger partial charge in [-0.2, -0.15) is 13.2 Å². The van der Waals surface area contributed by atoms with E-state index in [1.807, 2.05) is 18.7 Å². The summed E-state index contributed by atoms with van der Waals surface area (Å²) in [5, 5.41) is 10.1. The number of alkyl halides is 3. The minimum absolute atomic E-state index is 0.103. The fraction of sp³-hybridized carbons (Fsp3) is 0.500. The smallest absolute Gasteiger partial charge is 0.416 e. The third kappa shape index (κ3) is 4.38. The number of aromatic nitrogens is 2. The number of ether oxygens (including phenoxy) is 1. The van der Waals surface area contributed by atoms with Gasteiger partial charge < -0.3 is 14.7 Å². The Labute approximate surface area is 162 Å². The molecule has 0 aliphatic carbocycles. The highest BCUT2D eigenvalue weighted by Crippen LogP contribution is 2.34. The first kappa shape index (κ1) is 20.4. The molecule has 1 aromatic carbocycles. The van der Waals surface area contributed by atoms with Crippen LogP contribution < -0.4 is 9.64 Å². The molecular weight excluding hydrogens is 371 g/mol. The molecule has 2 aromatic rings. The van der Waals surface area contributed by atoms with Crippen LogP contribution in [0.15, 0.2) is 30.6 Å². The average molecular weight is 395 g/mol. The van der Waals surface area contributed by atoms with E-state index in [4.69, 9.17) is 4.74 Å². The van der Waals surface area contributed by atoms with Gasteiger partial charge in [0, 0.05) is 24.1 Å². The lowest BCUT2D eigenvalue weighted by molar-refractivity contribution is -0.138. The van der Waals surface area contributed by atoms with Gasteiger partial charge in [-0.1, -0.05) is 26.0 Å². The van der Waals surface area contributed by atoms with Gasteiger partial charge in [0.2, 0.25) is 5.95 Å². The minimum atomic E-state index is -4.43. The van der Waals surface area contributed by atoms with Crippen molar-refractivity contribution in [1.82, 2.24) is 9.97 Å². The van der Waals surface area contributed by atoms with Crippen LogP contribution in [-0.4, -0.2) is 34.3 Å². The van der Waals surface area contributed by atoms with E-state index in [0.29, 0.717) is 36.8 Å². The number of hydrogen-bond acceptors (Lipinski definition) is 5. The van der Waals surface area contributed by atoms with Gasteiger partial charge in [0.25, 0.3) is 0 Å². The highest BCUT2D eigenvalue weighted by Gasteiger charge is 2.36. The Morgan fingerprint density at radius 1 is 1.25 bits per heavy atom. The van der Waals surface area contributed by atoms with Crippen LogP contribution in [0.25, 0.3) is 0 Å². The molecule has 0 bridgehead atoms. The fourth-order valence-corrected chi connectivity index (χ4v) is 3.38. The number of halogens is 3. The maximum absolute atomic E-state index is 13.2. The van der Waals surface area contributed by atoms with Gasteiger partial charge in [0.1, 0.15) is 6.61 Å². The molecule has 152 valence electrons. The second kappa shape index (κ2) is 7.58. The first-order chi connectivity index (χ1) is 13.1. The van der Waals surface area contributed by atoms with E-state index in [0.717, 1.165) is 6.07 Å². The summed E-state index contributed by atoms with van der Waals surface area (Å²) >= 11 is 0. The van der Waals surface area contributed by atoms with Gasteiger partial charge in [-0.3, -0.25) is 0 Å². The van der Waals surface area contributed by atoms with Crippen LogP contribution >= 0.6 is 0 Å². The lowest BCUT2D eigenvalue weighted by Gasteiger charge is -2.41. The van der Waals surface area contributed by atoms with Crippen molar-refractivity contribution in [3.63, 3.8) is 0 Å². The zero-order valence-electron chi connectivity index (χ0n) is 16.1. The standard InChI is InChI=1S/C20H24F3N3O2/c1-13-5-4-6-16(20(21,22)23)15(13)11-28-14-9-24-18(25-10-14)26-8-7-17(27)19(2,3)12-26/h4-6,9-10,17,27H,7-8,11-12H2,1-3H3. The normalized spacial score (nSPS) is 19.5. The molecule has 1 saturated heterocycles. The van der Waals surface area contributed by atoms with Gasteiger partial charge in [0.15, 0.2) is 5.75 Å². The highest BCUT2D eigenvalue weighted by atomic mass is 19.4. The Hall–Kier alpha value is -2.35. The van der Waals surface area contributed by atoms with Crippen molar-refractivity contribution < 1.29 is 23.0 Å². The van der Waals surface area contributed by atoms with Crippen LogP contribution in [0, 0.1) is 12.3 Å². The number of aliphatic hydroxyl groups excluding tert-OH is 1. The van der Waals surface area contributed by atoms with Crippen molar-refractivity contribution >= 4 is 5.95 Å². The molecule has 5 nitrogen and oxygen atoms in total. The Morgan fingerprint density at radius 2 is 1.93 bits per heavy atom. The molecule has 1 aliphatic heterocycles. The Bertz CT molecular complexity index is 822. The van der Waals surface area contributed by atoms with Crippen molar-refractivity contribution in [1.29, 1.82) is 0 Å². The number of aryl methyl sites for hydroxylation is 1. The van der Waals surface area contributed by atoms with E-state index < -0.39 is 11.7 Å². The molecule has 1 atom stereocenters. The lowest BCUT2D eigenvalue weighted by atomic mass is 9.81. The van der Waals surface area contributed by atoms with E-state index >= 15 is 0 Å². The predicted molar refractivity (Wildman–Crippen MR) is 99.2 cm³/mol. The summed E-state index contributed by atoms with van der Waals surface area (Å²) in [6.07, 6.45) is -1.25. The number of nitrogens with zero attached hydrogens (tertiary/aromatic N) is 3. The number of piperidine rings is 1. The van der Waals surface area contributed by atoms with Gasteiger partial charge in [-0.15, -0.1) is 0 Å². The molecular formula is C20H24F3N3O2. The molecule has 0 spiro atoms. The molecule has 8 heteroatoms. The number of anilines is 1. The van der Waals surface area contributed by atoms with Crippen LogP contribution in [0.1, 0.15) is 37.0 Å². The third-order valence-corrected chi connectivity index (χ3v) is 5.17. The molecule has 2 heterocycles. The van der Waals surface area contributed by atoms with Crippen LogP contribution in [0.5, 0.6) is 5.75 Å². The highest BCUT2D eigenvalue weighted by molar-refractivity contribution is 5.37. The number of rotatable bonds is 4. The van der Waals surface area contributed by atoms with Crippen molar-refractivity contribution in [2.75, 3.05) is 18.0 Å². The Balaban J connectivity index is 1.70. The molecule has 1 aromatic heterocycles. The lowest BCUT2D eigenvalue weighted by Crippen LogP contribution is -2.49. The molecule has 28 heavy (non-hydrogen) atoms. The minimum Gasteiger partial charge on any atom is -0.486 e. The zero-order chi connectivity index (χ0) is 20.5. The Morgan fingerprint density at radius 3 is 2.54 bits per heavy atom. The second-order valence-electron chi connectivity index (χ2n) is 7.82. The van der Waals surface area contributed by atoms with Crippen molar-refractivity contribution in [3.05, 3.63) is 47.3 Å².